The van der Waals surface area contributed by atoms with E-state index < -0.39 is 0 Å². The number of aromatic amines is 1. The molecule has 0 saturated heterocycles. The van der Waals surface area contributed by atoms with E-state index in [0.717, 1.165) is 5.56 Å². The average molecular weight is 275 g/mol. The summed E-state index contributed by atoms with van der Waals surface area (Å²) in [6.07, 6.45) is 0. The highest BCUT2D eigenvalue weighted by molar-refractivity contribution is 7.79. The fourth-order valence-electron chi connectivity index (χ4n) is 1.83. The lowest BCUT2D eigenvalue weighted by Crippen LogP contribution is -1.98. The first-order chi connectivity index (χ1) is 9.17. The van der Waals surface area contributed by atoms with Crippen molar-refractivity contribution in [3.05, 3.63) is 35.8 Å². The minimum absolute atomic E-state index is 0.161. The van der Waals surface area contributed by atoms with Crippen LogP contribution in [-0.2, 0) is 5.75 Å². The molecule has 0 unspecified atom stereocenters. The van der Waals surface area contributed by atoms with Crippen LogP contribution >= 0.6 is 12.6 Å². The summed E-state index contributed by atoms with van der Waals surface area (Å²) in [6.45, 7) is 0. The van der Waals surface area contributed by atoms with Crippen molar-refractivity contribution < 1.29 is 4.39 Å². The highest BCUT2D eigenvalue weighted by atomic mass is 32.1. The van der Waals surface area contributed by atoms with E-state index in [2.05, 4.69) is 32.6 Å². The summed E-state index contributed by atoms with van der Waals surface area (Å²) in [5.41, 5.74) is 8.24. The molecule has 0 aliphatic carbocycles. The van der Waals surface area contributed by atoms with Crippen LogP contribution in [0.1, 0.15) is 5.69 Å². The third-order valence-electron chi connectivity index (χ3n) is 2.71. The second-order valence-corrected chi connectivity index (χ2v) is 4.29. The van der Waals surface area contributed by atoms with Crippen LogP contribution in [0.15, 0.2) is 24.3 Å². The molecule has 7 heteroatoms. The number of nitrogens with one attached hydrogen (secondary N) is 1. The first-order valence-electron chi connectivity index (χ1n) is 5.56. The molecule has 0 aliphatic heterocycles. The Morgan fingerprint density at radius 2 is 1.89 bits per heavy atom. The summed E-state index contributed by atoms with van der Waals surface area (Å²) >= 11 is 4.20. The fourth-order valence-corrected chi connectivity index (χ4v) is 2.06. The lowest BCUT2D eigenvalue weighted by Gasteiger charge is -1.97. The van der Waals surface area contributed by atoms with E-state index in [9.17, 15) is 4.39 Å². The summed E-state index contributed by atoms with van der Waals surface area (Å²) in [6, 6.07) is 6.04. The lowest BCUT2D eigenvalue weighted by molar-refractivity contribution is 0.628. The molecule has 1 aromatic carbocycles. The zero-order valence-corrected chi connectivity index (χ0v) is 10.7. The van der Waals surface area contributed by atoms with Crippen molar-refractivity contribution >= 4 is 29.7 Å². The van der Waals surface area contributed by atoms with Gasteiger partial charge in [-0.2, -0.15) is 17.6 Å². The Hall–Kier alpha value is -2.15. The number of H-pyrrole nitrogens is 1. The number of aromatic nitrogens is 4. The van der Waals surface area contributed by atoms with Crippen molar-refractivity contribution in [3.8, 4) is 11.4 Å². The van der Waals surface area contributed by atoms with Gasteiger partial charge >= 0.3 is 0 Å². The number of fused-ring (bicyclic) bond motifs is 1. The molecule has 5 nitrogen and oxygen atoms in total. The van der Waals surface area contributed by atoms with E-state index in [1.807, 2.05) is 0 Å². The highest BCUT2D eigenvalue weighted by Crippen LogP contribution is 2.22. The first-order valence-corrected chi connectivity index (χ1v) is 6.19. The Morgan fingerprint density at radius 3 is 2.58 bits per heavy atom. The van der Waals surface area contributed by atoms with Gasteiger partial charge < -0.3 is 10.7 Å². The molecule has 3 N–H and O–H groups in total. The third-order valence-corrected chi connectivity index (χ3v) is 3.01. The van der Waals surface area contributed by atoms with Crippen molar-refractivity contribution in [2.75, 3.05) is 5.73 Å². The maximum Gasteiger partial charge on any atom is 0.222 e. The van der Waals surface area contributed by atoms with E-state index in [1.54, 1.807) is 12.1 Å². The number of hydrogen-bond donors (Lipinski definition) is 3. The Labute approximate surface area is 113 Å². The molecule has 0 atom stereocenters. The van der Waals surface area contributed by atoms with Gasteiger partial charge in [-0.3, -0.25) is 0 Å². The summed E-state index contributed by atoms with van der Waals surface area (Å²) in [5, 5.41) is 0. The van der Waals surface area contributed by atoms with E-state index in [4.69, 9.17) is 5.73 Å². The number of nitrogens with zero attached hydrogens (tertiary/aromatic N) is 3. The largest absolute Gasteiger partial charge is 0.368 e. The van der Waals surface area contributed by atoms with Crippen LogP contribution in [0.5, 0.6) is 0 Å². The molecule has 0 aliphatic rings. The van der Waals surface area contributed by atoms with Crippen LogP contribution in [-0.4, -0.2) is 19.9 Å². The van der Waals surface area contributed by atoms with E-state index in [0.29, 0.717) is 28.4 Å². The predicted molar refractivity (Wildman–Crippen MR) is 74.2 cm³/mol. The molecule has 2 heterocycles. The van der Waals surface area contributed by atoms with Crippen molar-refractivity contribution in [2.24, 2.45) is 0 Å². The molecule has 19 heavy (non-hydrogen) atoms. The number of benzene rings is 1. The first kappa shape index (κ1) is 11.9. The molecular weight excluding hydrogens is 265 g/mol. The summed E-state index contributed by atoms with van der Waals surface area (Å²) in [4.78, 5) is 15.6. The number of rotatable bonds is 2. The van der Waals surface area contributed by atoms with E-state index >= 15 is 0 Å². The second-order valence-electron chi connectivity index (χ2n) is 3.98. The number of thiol groups is 1. The topological polar surface area (TPSA) is 80.5 Å². The number of hydrogen-bond acceptors (Lipinski definition) is 5. The Bertz CT molecular complexity index is 738. The van der Waals surface area contributed by atoms with Gasteiger partial charge in [0, 0.05) is 11.3 Å². The summed E-state index contributed by atoms with van der Waals surface area (Å²) < 4.78 is 12.9. The molecule has 0 spiro atoms. The molecular formula is C12H10FN5S. The van der Waals surface area contributed by atoms with Crippen molar-refractivity contribution in [1.29, 1.82) is 0 Å². The number of nitrogens with two attached hydrogens (primary N) is 1. The second kappa shape index (κ2) is 4.51. The molecule has 0 saturated carbocycles. The van der Waals surface area contributed by atoms with Crippen LogP contribution in [0.2, 0.25) is 0 Å². The average Bonchev–Trinajstić information content (AvgIpc) is 2.82. The van der Waals surface area contributed by atoms with Gasteiger partial charge in [-0.05, 0) is 24.3 Å². The monoisotopic (exact) mass is 275 g/mol. The van der Waals surface area contributed by atoms with Gasteiger partial charge in [0.2, 0.25) is 5.95 Å². The van der Waals surface area contributed by atoms with Gasteiger partial charge in [0.1, 0.15) is 17.2 Å². The van der Waals surface area contributed by atoms with Gasteiger partial charge in [0.25, 0.3) is 0 Å². The Morgan fingerprint density at radius 1 is 1.16 bits per heavy atom. The summed E-state index contributed by atoms with van der Waals surface area (Å²) in [7, 11) is 0. The van der Waals surface area contributed by atoms with Crippen LogP contribution in [0, 0.1) is 5.82 Å². The predicted octanol–water partition coefficient (Wildman–Crippen LogP) is 2.17. The van der Waals surface area contributed by atoms with Crippen LogP contribution < -0.4 is 5.73 Å². The molecule has 2 aromatic heterocycles. The third kappa shape index (κ3) is 2.12. The van der Waals surface area contributed by atoms with Crippen LogP contribution in [0.25, 0.3) is 22.6 Å². The maximum atomic E-state index is 12.9. The van der Waals surface area contributed by atoms with Crippen molar-refractivity contribution in [1.82, 2.24) is 19.9 Å². The zero-order valence-electron chi connectivity index (χ0n) is 9.76. The maximum absolute atomic E-state index is 12.9. The minimum Gasteiger partial charge on any atom is -0.368 e. The number of anilines is 1. The number of halogens is 1. The van der Waals surface area contributed by atoms with Gasteiger partial charge in [-0.25, -0.2) is 14.4 Å². The SMILES string of the molecule is Nc1nc(CS)c2[nH]c(-c3ccc(F)cc3)nc2n1. The zero-order chi connectivity index (χ0) is 13.4. The molecule has 0 radical (unpaired) electrons. The summed E-state index contributed by atoms with van der Waals surface area (Å²) in [5.74, 6) is 0.889. The van der Waals surface area contributed by atoms with E-state index in [-0.39, 0.29) is 11.8 Å². The molecule has 0 fully saturated rings. The van der Waals surface area contributed by atoms with Gasteiger partial charge in [0.05, 0.1) is 5.69 Å². The minimum atomic E-state index is -0.292. The van der Waals surface area contributed by atoms with Gasteiger partial charge in [0.15, 0.2) is 5.65 Å². The molecule has 96 valence electrons. The van der Waals surface area contributed by atoms with Crippen molar-refractivity contribution in [2.45, 2.75) is 5.75 Å². The number of nitrogen functional groups attached to an aromatic ring is 1. The normalized spacial score (nSPS) is 11.1. The molecule has 3 rings (SSSR count). The van der Waals surface area contributed by atoms with Gasteiger partial charge in [-0.1, -0.05) is 0 Å². The van der Waals surface area contributed by atoms with Crippen LogP contribution in [0.4, 0.5) is 10.3 Å². The smallest absolute Gasteiger partial charge is 0.222 e. The molecule has 0 bridgehead atoms. The lowest BCUT2D eigenvalue weighted by atomic mass is 10.2. The standard InChI is InChI=1S/C12H10FN5S/c13-7-3-1-6(2-4-7)10-16-9-8(5-19)15-12(14)18-11(9)17-10/h1-4,19H,5H2,(H3,14,15,16,17,18). The van der Waals surface area contributed by atoms with Crippen LogP contribution in [0.3, 0.4) is 0 Å². The Kier molecular flexibility index (Phi) is 2.83. The van der Waals surface area contributed by atoms with Gasteiger partial charge in [-0.15, -0.1) is 0 Å². The van der Waals surface area contributed by atoms with E-state index in [1.165, 1.54) is 12.1 Å². The quantitative estimate of drug-likeness (QED) is 0.626. The fraction of sp³-hybridized carbons (Fsp3) is 0.0833. The molecule has 0 amide bonds. The highest BCUT2D eigenvalue weighted by Gasteiger charge is 2.11. The number of imidazole rings is 1. The Balaban J connectivity index is 2.18. The van der Waals surface area contributed by atoms with Crippen molar-refractivity contribution in [3.63, 3.8) is 0 Å². The molecule has 3 aromatic rings.